The Kier molecular flexibility index (Phi) is 5.10. The summed E-state index contributed by atoms with van der Waals surface area (Å²) in [6.45, 7) is -0.215. The van der Waals surface area contributed by atoms with E-state index in [0.717, 1.165) is 53.8 Å². The minimum absolute atomic E-state index is 0.105. The van der Waals surface area contributed by atoms with Crippen molar-refractivity contribution in [2.24, 2.45) is 5.73 Å². The molecular weight excluding hydrogens is 424 g/mol. The lowest BCUT2D eigenvalue weighted by molar-refractivity contribution is -0.120. The van der Waals surface area contributed by atoms with Gasteiger partial charge in [-0.2, -0.15) is 0 Å². The highest BCUT2D eigenvalue weighted by Gasteiger charge is 2.40. The van der Waals surface area contributed by atoms with Gasteiger partial charge >= 0.3 is 0 Å². The maximum atomic E-state index is 12.8. The van der Waals surface area contributed by atoms with Crippen LogP contribution in [0.4, 0.5) is 0 Å². The third kappa shape index (κ3) is 3.39. The summed E-state index contributed by atoms with van der Waals surface area (Å²) < 4.78 is 6.06. The minimum Gasteiger partial charge on any atom is -0.483 e. The van der Waals surface area contributed by atoms with Crippen molar-refractivity contribution in [3.8, 4) is 5.75 Å². The molecule has 0 fully saturated rings. The van der Waals surface area contributed by atoms with Gasteiger partial charge in [0.05, 0.1) is 4.47 Å². The number of amides is 1. The number of Topliss-reactive ketones (excluding diaryl/α,β-unsaturated/α-hetero) is 2. The van der Waals surface area contributed by atoms with Crippen LogP contribution in [-0.2, 0) is 14.4 Å². The molecule has 0 unspecified atom stereocenters. The van der Waals surface area contributed by atoms with E-state index in [-0.39, 0.29) is 24.1 Å². The lowest BCUT2D eigenvalue weighted by Crippen LogP contribution is -2.36. The summed E-state index contributed by atoms with van der Waals surface area (Å²) in [5, 5.41) is 3.41. The van der Waals surface area contributed by atoms with Crippen LogP contribution in [0.25, 0.3) is 0 Å². The van der Waals surface area contributed by atoms with Crippen LogP contribution in [0.15, 0.2) is 45.2 Å². The molecule has 0 saturated heterocycles. The molecular formula is C21H21BrN2O4. The summed E-state index contributed by atoms with van der Waals surface area (Å²) in [6, 6.07) is 5.47. The first kappa shape index (κ1) is 18.9. The van der Waals surface area contributed by atoms with Crippen molar-refractivity contribution in [3.05, 3.63) is 50.8 Å². The fraction of sp³-hybridized carbons (Fsp3) is 0.381. The fourth-order valence-electron chi connectivity index (χ4n) is 4.28. The average Bonchev–Trinajstić information content (AvgIpc) is 2.66. The number of allylic oxidation sites excluding steroid dienone is 4. The minimum atomic E-state index is -0.556. The summed E-state index contributed by atoms with van der Waals surface area (Å²) in [7, 11) is 0. The molecule has 2 aliphatic carbocycles. The Bertz CT molecular complexity index is 906. The van der Waals surface area contributed by atoms with E-state index in [1.54, 1.807) is 6.07 Å². The molecule has 146 valence electrons. The molecule has 3 N–H and O–H groups in total. The highest BCUT2D eigenvalue weighted by Crippen LogP contribution is 2.46. The quantitative estimate of drug-likeness (QED) is 0.743. The van der Waals surface area contributed by atoms with Crippen molar-refractivity contribution in [3.63, 3.8) is 0 Å². The second-order valence-corrected chi connectivity index (χ2v) is 8.20. The SMILES string of the molecule is NC(=O)COc1ccc(C2C3=C(CCCC3=O)NC3=C2C(=O)CCC3)cc1Br. The largest absolute Gasteiger partial charge is 0.483 e. The monoisotopic (exact) mass is 444 g/mol. The number of benzene rings is 1. The van der Waals surface area contributed by atoms with Gasteiger partial charge in [0.15, 0.2) is 18.2 Å². The van der Waals surface area contributed by atoms with Crippen LogP contribution in [0, 0.1) is 0 Å². The molecule has 0 saturated carbocycles. The van der Waals surface area contributed by atoms with Gasteiger partial charge in [0, 0.05) is 41.3 Å². The second-order valence-electron chi connectivity index (χ2n) is 7.34. The number of dihydropyridines is 1. The zero-order valence-electron chi connectivity index (χ0n) is 15.3. The highest BCUT2D eigenvalue weighted by molar-refractivity contribution is 9.10. The van der Waals surface area contributed by atoms with Crippen LogP contribution >= 0.6 is 15.9 Å². The van der Waals surface area contributed by atoms with Crippen LogP contribution in [0.2, 0.25) is 0 Å². The predicted molar refractivity (Wildman–Crippen MR) is 106 cm³/mol. The van der Waals surface area contributed by atoms with Gasteiger partial charge in [-0.15, -0.1) is 0 Å². The van der Waals surface area contributed by atoms with Crippen molar-refractivity contribution < 1.29 is 19.1 Å². The molecule has 1 amide bonds. The molecule has 1 heterocycles. The van der Waals surface area contributed by atoms with Gasteiger partial charge in [-0.05, 0) is 59.3 Å². The number of carbonyl (C=O) groups is 3. The van der Waals surface area contributed by atoms with Gasteiger partial charge < -0.3 is 15.8 Å². The van der Waals surface area contributed by atoms with Crippen LogP contribution in [0.5, 0.6) is 5.75 Å². The first-order chi connectivity index (χ1) is 13.5. The Hall–Kier alpha value is -2.41. The third-order valence-corrected chi connectivity index (χ3v) is 6.07. The topological polar surface area (TPSA) is 98.5 Å². The van der Waals surface area contributed by atoms with Crippen LogP contribution in [0.3, 0.4) is 0 Å². The van der Waals surface area contributed by atoms with Gasteiger partial charge in [0.1, 0.15) is 5.75 Å². The Morgan fingerprint density at radius 2 is 1.68 bits per heavy atom. The molecule has 0 spiro atoms. The van der Waals surface area contributed by atoms with Gasteiger partial charge in [-0.3, -0.25) is 14.4 Å². The van der Waals surface area contributed by atoms with E-state index in [4.69, 9.17) is 10.5 Å². The van der Waals surface area contributed by atoms with Gasteiger partial charge in [0.25, 0.3) is 5.91 Å². The van der Waals surface area contributed by atoms with Crippen LogP contribution < -0.4 is 15.8 Å². The van der Waals surface area contributed by atoms with E-state index in [0.29, 0.717) is 23.1 Å². The molecule has 6 nitrogen and oxygen atoms in total. The Labute approximate surface area is 171 Å². The Morgan fingerprint density at radius 3 is 2.21 bits per heavy atom. The zero-order chi connectivity index (χ0) is 19.8. The zero-order valence-corrected chi connectivity index (χ0v) is 16.9. The molecule has 28 heavy (non-hydrogen) atoms. The number of rotatable bonds is 4. The molecule has 7 heteroatoms. The first-order valence-corrected chi connectivity index (χ1v) is 10.2. The summed E-state index contributed by atoms with van der Waals surface area (Å²) >= 11 is 3.48. The summed E-state index contributed by atoms with van der Waals surface area (Å²) in [6.07, 6.45) is 4.33. The smallest absolute Gasteiger partial charge is 0.255 e. The molecule has 0 bridgehead atoms. The van der Waals surface area contributed by atoms with E-state index in [2.05, 4.69) is 21.2 Å². The number of primary amides is 1. The number of carbonyl (C=O) groups excluding carboxylic acids is 3. The van der Waals surface area contributed by atoms with Gasteiger partial charge in [0.2, 0.25) is 0 Å². The van der Waals surface area contributed by atoms with Gasteiger partial charge in [-0.1, -0.05) is 6.07 Å². The normalized spacial score (nSPS) is 19.9. The lowest BCUT2D eigenvalue weighted by Gasteiger charge is -2.37. The Morgan fingerprint density at radius 1 is 1.07 bits per heavy atom. The highest BCUT2D eigenvalue weighted by atomic mass is 79.9. The van der Waals surface area contributed by atoms with E-state index < -0.39 is 5.91 Å². The molecule has 0 atom stereocenters. The third-order valence-electron chi connectivity index (χ3n) is 5.45. The number of ketones is 2. The molecule has 1 aromatic carbocycles. The first-order valence-electron chi connectivity index (χ1n) is 9.45. The van der Waals surface area contributed by atoms with Crippen molar-refractivity contribution in [1.82, 2.24) is 5.32 Å². The number of hydrogen-bond donors (Lipinski definition) is 2. The number of nitrogens with one attached hydrogen (secondary N) is 1. The van der Waals surface area contributed by atoms with E-state index >= 15 is 0 Å². The van der Waals surface area contributed by atoms with Crippen LogP contribution in [0.1, 0.15) is 50.0 Å². The van der Waals surface area contributed by atoms with E-state index in [1.807, 2.05) is 12.1 Å². The second kappa shape index (κ2) is 7.54. The molecule has 0 radical (unpaired) electrons. The fourth-order valence-corrected chi connectivity index (χ4v) is 4.79. The lowest BCUT2D eigenvalue weighted by atomic mass is 9.71. The van der Waals surface area contributed by atoms with Crippen molar-refractivity contribution in [1.29, 1.82) is 0 Å². The van der Waals surface area contributed by atoms with Crippen molar-refractivity contribution in [2.75, 3.05) is 6.61 Å². The molecule has 1 aliphatic heterocycles. The number of ether oxygens (including phenoxy) is 1. The van der Waals surface area contributed by atoms with Crippen LogP contribution in [-0.4, -0.2) is 24.1 Å². The predicted octanol–water partition coefficient (Wildman–Crippen LogP) is 3.01. The summed E-state index contributed by atoms with van der Waals surface area (Å²) in [5.74, 6) is -0.208. The molecule has 3 aliphatic rings. The number of nitrogens with two attached hydrogens (primary N) is 1. The van der Waals surface area contributed by atoms with Crippen molar-refractivity contribution in [2.45, 2.75) is 44.4 Å². The molecule has 0 aromatic heterocycles. The summed E-state index contributed by atoms with van der Waals surface area (Å²) in [5.41, 5.74) is 9.36. The van der Waals surface area contributed by atoms with E-state index in [9.17, 15) is 14.4 Å². The maximum absolute atomic E-state index is 12.8. The molecule has 1 aromatic rings. The number of halogens is 1. The van der Waals surface area contributed by atoms with E-state index in [1.165, 1.54) is 0 Å². The number of hydrogen-bond acceptors (Lipinski definition) is 5. The summed E-state index contributed by atoms with van der Waals surface area (Å²) in [4.78, 5) is 36.6. The van der Waals surface area contributed by atoms with Gasteiger partial charge in [-0.25, -0.2) is 0 Å². The van der Waals surface area contributed by atoms with Crippen molar-refractivity contribution >= 4 is 33.4 Å². The molecule has 4 rings (SSSR count). The average molecular weight is 445 g/mol. The Balaban J connectivity index is 1.78. The maximum Gasteiger partial charge on any atom is 0.255 e. The standard InChI is InChI=1S/C21H21BrN2O4/c22-12-9-11(7-8-17(12)28-10-18(23)27)19-20-13(3-1-5-15(20)25)24-14-4-2-6-16(26)21(14)19/h7-9,19,24H,1-6,10H2,(H2,23,27).